The summed E-state index contributed by atoms with van der Waals surface area (Å²) in [6.45, 7) is 5.65. The van der Waals surface area contributed by atoms with Crippen LogP contribution in [0.25, 0.3) is 0 Å². The topological polar surface area (TPSA) is 104 Å². The van der Waals surface area contributed by atoms with Gasteiger partial charge in [-0.15, -0.1) is 11.3 Å². The summed E-state index contributed by atoms with van der Waals surface area (Å²) in [4.78, 5) is 38.0. The third kappa shape index (κ3) is 6.18. The van der Waals surface area contributed by atoms with E-state index in [0.29, 0.717) is 28.5 Å². The Kier molecular flexibility index (Phi) is 8.72. The van der Waals surface area contributed by atoms with Crippen molar-refractivity contribution in [2.75, 3.05) is 18.5 Å². The molecule has 2 heterocycles. The smallest absolute Gasteiger partial charge is 0.348 e. The predicted molar refractivity (Wildman–Crippen MR) is 128 cm³/mol. The Hall–Kier alpha value is -3.30. The van der Waals surface area contributed by atoms with Crippen LogP contribution in [0.3, 0.4) is 0 Å². The first-order valence-corrected chi connectivity index (χ1v) is 11.8. The first-order valence-electron chi connectivity index (χ1n) is 10.6. The summed E-state index contributed by atoms with van der Waals surface area (Å²) >= 11 is 6.89. The zero-order valence-corrected chi connectivity index (χ0v) is 20.5. The number of anilines is 1. The first-order chi connectivity index (χ1) is 16.3. The van der Waals surface area contributed by atoms with Crippen LogP contribution in [0.2, 0.25) is 5.02 Å². The van der Waals surface area contributed by atoms with Crippen molar-refractivity contribution in [2.45, 2.75) is 33.8 Å². The van der Waals surface area contributed by atoms with Crippen molar-refractivity contribution in [1.82, 2.24) is 0 Å². The highest BCUT2D eigenvalue weighted by atomic mass is 35.5. The Bertz CT molecular complexity index is 1180. The summed E-state index contributed by atoms with van der Waals surface area (Å²) in [5, 5.41) is 3.38. The van der Waals surface area contributed by atoms with Crippen LogP contribution in [-0.4, -0.2) is 31.1 Å². The Balaban J connectivity index is 1.77. The number of rotatable bonds is 10. The number of ether oxygens (including phenoxy) is 3. The van der Waals surface area contributed by atoms with Crippen molar-refractivity contribution < 1.29 is 33.0 Å². The quantitative estimate of drug-likeness (QED) is 0.343. The third-order valence-electron chi connectivity index (χ3n) is 4.54. The van der Waals surface area contributed by atoms with E-state index in [9.17, 15) is 14.4 Å². The highest BCUT2D eigenvalue weighted by Crippen LogP contribution is 2.35. The van der Waals surface area contributed by atoms with E-state index in [0.717, 1.165) is 11.3 Å². The summed E-state index contributed by atoms with van der Waals surface area (Å²) < 4.78 is 21.5. The van der Waals surface area contributed by atoms with Gasteiger partial charge in [0.25, 0.3) is 5.91 Å². The summed E-state index contributed by atoms with van der Waals surface area (Å²) in [6, 6.07) is 10.0. The molecule has 0 aliphatic heterocycles. The van der Waals surface area contributed by atoms with Gasteiger partial charge in [0.05, 0.1) is 18.8 Å². The number of hydrogen-bond donors (Lipinski definition) is 1. The highest BCUT2D eigenvalue weighted by molar-refractivity contribution is 7.18. The van der Waals surface area contributed by atoms with Crippen LogP contribution in [0, 0.1) is 6.92 Å². The lowest BCUT2D eigenvalue weighted by molar-refractivity contribution is 0.0506. The van der Waals surface area contributed by atoms with Crippen molar-refractivity contribution >= 4 is 45.8 Å². The van der Waals surface area contributed by atoms with Gasteiger partial charge in [-0.1, -0.05) is 24.6 Å². The molecule has 0 saturated heterocycles. The number of furan rings is 1. The summed E-state index contributed by atoms with van der Waals surface area (Å²) in [5.74, 6) is -0.797. The van der Waals surface area contributed by atoms with E-state index in [4.69, 9.17) is 30.2 Å². The average Bonchev–Trinajstić information content (AvgIpc) is 3.41. The molecule has 3 aromatic rings. The Morgan fingerprint density at radius 3 is 2.59 bits per heavy atom. The van der Waals surface area contributed by atoms with Crippen LogP contribution < -0.4 is 10.1 Å². The van der Waals surface area contributed by atoms with Gasteiger partial charge in [-0.05, 0) is 56.2 Å². The average molecular weight is 506 g/mol. The van der Waals surface area contributed by atoms with Crippen LogP contribution in [0.15, 0.2) is 40.8 Å². The van der Waals surface area contributed by atoms with Crippen molar-refractivity contribution in [3.63, 3.8) is 0 Å². The minimum Gasteiger partial charge on any atom is -0.486 e. The standard InChI is InChI=1S/C24H24ClNO7S/c1-4-11-31-23(28)19-14(3)20(24(29)30-5-2)34-22(19)26-21(27)18-10-9-17(33-18)13-32-16-8-6-7-15(25)12-16/h6-10,12H,4-5,11,13H2,1-3H3,(H,26,27). The lowest BCUT2D eigenvalue weighted by Gasteiger charge is -2.07. The maximum atomic E-state index is 12.8. The molecule has 0 saturated carbocycles. The van der Waals surface area contributed by atoms with Gasteiger partial charge in [0, 0.05) is 5.02 Å². The summed E-state index contributed by atoms with van der Waals surface area (Å²) in [5.41, 5.74) is 0.501. The molecule has 3 rings (SSSR count). The molecule has 0 spiro atoms. The van der Waals surface area contributed by atoms with Crippen LogP contribution >= 0.6 is 22.9 Å². The number of esters is 2. The van der Waals surface area contributed by atoms with Crippen molar-refractivity contribution in [2.24, 2.45) is 0 Å². The second-order valence-corrected chi connectivity index (χ2v) is 8.54. The van der Waals surface area contributed by atoms with Gasteiger partial charge in [0.2, 0.25) is 0 Å². The number of hydrogen-bond acceptors (Lipinski definition) is 8. The molecule has 0 unspecified atom stereocenters. The van der Waals surface area contributed by atoms with Gasteiger partial charge in [-0.3, -0.25) is 4.79 Å². The molecule has 2 aromatic heterocycles. The van der Waals surface area contributed by atoms with Gasteiger partial charge < -0.3 is 23.9 Å². The molecule has 34 heavy (non-hydrogen) atoms. The molecule has 0 atom stereocenters. The van der Waals surface area contributed by atoms with E-state index in [-0.39, 0.29) is 41.0 Å². The van der Waals surface area contributed by atoms with E-state index in [1.807, 2.05) is 6.92 Å². The highest BCUT2D eigenvalue weighted by Gasteiger charge is 2.28. The lowest BCUT2D eigenvalue weighted by atomic mass is 10.1. The summed E-state index contributed by atoms with van der Waals surface area (Å²) in [6.07, 6.45) is 0.633. The molecule has 0 aliphatic carbocycles. The largest absolute Gasteiger partial charge is 0.486 e. The maximum Gasteiger partial charge on any atom is 0.348 e. The first kappa shape index (κ1) is 25.3. The molecular weight excluding hydrogens is 482 g/mol. The van der Waals surface area contributed by atoms with Crippen LogP contribution in [0.5, 0.6) is 5.75 Å². The third-order valence-corrected chi connectivity index (χ3v) is 5.96. The molecule has 1 amide bonds. The van der Waals surface area contributed by atoms with Crippen LogP contribution in [0.4, 0.5) is 5.00 Å². The summed E-state index contributed by atoms with van der Waals surface area (Å²) in [7, 11) is 0. The second-order valence-electron chi connectivity index (χ2n) is 7.08. The lowest BCUT2D eigenvalue weighted by Crippen LogP contribution is -2.14. The molecule has 10 heteroatoms. The van der Waals surface area contributed by atoms with Crippen LogP contribution in [0.1, 0.15) is 62.2 Å². The number of benzene rings is 1. The fourth-order valence-electron chi connectivity index (χ4n) is 2.96. The van der Waals surface area contributed by atoms with Crippen molar-refractivity contribution in [1.29, 1.82) is 0 Å². The van der Waals surface area contributed by atoms with Gasteiger partial charge in [-0.25, -0.2) is 9.59 Å². The minimum absolute atomic E-state index is 0.0151. The van der Waals surface area contributed by atoms with Gasteiger partial charge in [-0.2, -0.15) is 0 Å². The number of nitrogens with one attached hydrogen (secondary N) is 1. The predicted octanol–water partition coefficient (Wildman–Crippen LogP) is 5.88. The molecule has 0 fully saturated rings. The van der Waals surface area contributed by atoms with Crippen molar-refractivity contribution in [3.05, 3.63) is 68.9 Å². The molecular formula is C24H24ClNO7S. The van der Waals surface area contributed by atoms with E-state index in [1.165, 1.54) is 6.07 Å². The van der Waals surface area contributed by atoms with Crippen molar-refractivity contribution in [3.8, 4) is 5.75 Å². The zero-order valence-electron chi connectivity index (χ0n) is 18.9. The van der Waals surface area contributed by atoms with E-state index < -0.39 is 17.8 Å². The monoisotopic (exact) mass is 505 g/mol. The maximum absolute atomic E-state index is 12.8. The molecule has 1 aromatic carbocycles. The molecule has 0 radical (unpaired) electrons. The SMILES string of the molecule is CCCOC(=O)c1c(NC(=O)c2ccc(COc3cccc(Cl)c3)o2)sc(C(=O)OCC)c1C. The normalized spacial score (nSPS) is 10.6. The number of carbonyl (C=O) groups excluding carboxylic acids is 3. The fourth-order valence-corrected chi connectivity index (χ4v) is 4.22. The number of amides is 1. The van der Waals surface area contributed by atoms with Crippen LogP contribution in [-0.2, 0) is 16.1 Å². The Labute approximate surface area is 205 Å². The number of carbonyl (C=O) groups is 3. The van der Waals surface area contributed by atoms with Gasteiger partial charge in [0.1, 0.15) is 28.0 Å². The Morgan fingerprint density at radius 2 is 1.88 bits per heavy atom. The van der Waals surface area contributed by atoms with E-state index in [2.05, 4.69) is 5.32 Å². The molecule has 0 bridgehead atoms. The molecule has 8 nitrogen and oxygen atoms in total. The number of thiophene rings is 1. The number of halogens is 1. The van der Waals surface area contributed by atoms with Gasteiger partial charge >= 0.3 is 11.9 Å². The molecule has 0 aliphatic rings. The minimum atomic E-state index is -0.628. The van der Waals surface area contributed by atoms with E-state index >= 15 is 0 Å². The molecule has 1 N–H and O–H groups in total. The van der Waals surface area contributed by atoms with Gasteiger partial charge in [0.15, 0.2) is 5.76 Å². The second kappa shape index (κ2) is 11.7. The fraction of sp³-hybridized carbons (Fsp3) is 0.292. The van der Waals surface area contributed by atoms with E-state index in [1.54, 1.807) is 44.2 Å². The zero-order chi connectivity index (χ0) is 24.7. The molecule has 180 valence electrons. The Morgan fingerprint density at radius 1 is 1.09 bits per heavy atom.